The molecule has 1 aliphatic rings. The van der Waals surface area contributed by atoms with Gasteiger partial charge in [-0.1, -0.05) is 54.8 Å². The molecule has 0 spiro atoms. The van der Waals surface area contributed by atoms with E-state index in [9.17, 15) is 4.79 Å². The number of hydrogen-bond acceptors (Lipinski definition) is 1. The number of benzene rings is 2. The lowest BCUT2D eigenvalue weighted by atomic mass is 10.0. The maximum Gasteiger partial charge on any atom is 0.227 e. The smallest absolute Gasteiger partial charge is 0.227 e. The van der Waals surface area contributed by atoms with Gasteiger partial charge in [-0.3, -0.25) is 4.79 Å². The van der Waals surface area contributed by atoms with Crippen molar-refractivity contribution in [1.82, 2.24) is 0 Å². The first-order chi connectivity index (χ1) is 11.2. The zero-order valence-corrected chi connectivity index (χ0v) is 14.0. The van der Waals surface area contributed by atoms with Crippen LogP contribution in [0, 0.1) is 5.92 Å². The third-order valence-corrected chi connectivity index (χ3v) is 4.81. The maximum absolute atomic E-state index is 12.9. The topological polar surface area (TPSA) is 20.3 Å². The molecule has 0 aliphatic heterocycles. The van der Waals surface area contributed by atoms with E-state index in [1.54, 1.807) is 0 Å². The Morgan fingerprint density at radius 2 is 1.65 bits per heavy atom. The molecular weight excluding hydrogens is 306 g/mol. The summed E-state index contributed by atoms with van der Waals surface area (Å²) in [5.74, 6) is 0.775. The van der Waals surface area contributed by atoms with Crippen molar-refractivity contribution in [1.29, 1.82) is 0 Å². The Labute approximate surface area is 143 Å². The number of amides is 1. The monoisotopic (exact) mass is 327 g/mol. The summed E-state index contributed by atoms with van der Waals surface area (Å²) >= 11 is 5.96. The number of rotatable bonds is 5. The minimum atomic E-state index is 0.220. The van der Waals surface area contributed by atoms with Gasteiger partial charge in [0, 0.05) is 17.1 Å². The average Bonchev–Trinajstić information content (AvgIpc) is 3.08. The lowest BCUT2D eigenvalue weighted by Gasteiger charge is -2.24. The largest absolute Gasteiger partial charge is 0.308 e. The van der Waals surface area contributed by atoms with Crippen LogP contribution in [-0.4, -0.2) is 5.91 Å². The summed E-state index contributed by atoms with van der Waals surface area (Å²) in [6.45, 7) is 0.590. The Balaban J connectivity index is 1.78. The van der Waals surface area contributed by atoms with Crippen molar-refractivity contribution in [2.24, 2.45) is 5.92 Å². The summed E-state index contributed by atoms with van der Waals surface area (Å²) in [6.07, 6.45) is 5.56. The molecule has 0 bridgehead atoms. The van der Waals surface area contributed by atoms with Crippen LogP contribution in [0.25, 0.3) is 0 Å². The number of anilines is 1. The van der Waals surface area contributed by atoms with Gasteiger partial charge in [-0.05, 0) is 48.6 Å². The quantitative estimate of drug-likeness (QED) is 0.714. The van der Waals surface area contributed by atoms with Gasteiger partial charge in [-0.2, -0.15) is 0 Å². The second kappa shape index (κ2) is 7.65. The molecule has 0 radical (unpaired) electrons. The lowest BCUT2D eigenvalue weighted by Crippen LogP contribution is -2.31. The predicted molar refractivity (Wildman–Crippen MR) is 95.7 cm³/mol. The van der Waals surface area contributed by atoms with Gasteiger partial charge in [0.05, 0.1) is 6.54 Å². The van der Waals surface area contributed by atoms with Crippen LogP contribution in [0.5, 0.6) is 0 Å². The van der Waals surface area contributed by atoms with Crippen LogP contribution < -0.4 is 4.90 Å². The van der Waals surface area contributed by atoms with Crippen molar-refractivity contribution in [3.8, 4) is 0 Å². The third kappa shape index (κ3) is 4.35. The van der Waals surface area contributed by atoms with Gasteiger partial charge in [0.25, 0.3) is 0 Å². The van der Waals surface area contributed by atoms with E-state index < -0.39 is 0 Å². The summed E-state index contributed by atoms with van der Waals surface area (Å²) in [4.78, 5) is 14.8. The molecule has 0 atom stereocenters. The maximum atomic E-state index is 12.9. The molecule has 1 saturated carbocycles. The molecule has 0 unspecified atom stereocenters. The first-order valence-electron chi connectivity index (χ1n) is 8.32. The number of carbonyl (C=O) groups is 1. The van der Waals surface area contributed by atoms with E-state index in [1.165, 1.54) is 25.7 Å². The molecule has 1 fully saturated rings. The summed E-state index contributed by atoms with van der Waals surface area (Å²) < 4.78 is 0. The number of hydrogen-bond donors (Lipinski definition) is 0. The highest BCUT2D eigenvalue weighted by molar-refractivity contribution is 6.30. The first-order valence-corrected chi connectivity index (χ1v) is 8.70. The highest BCUT2D eigenvalue weighted by atomic mass is 35.5. The second-order valence-electron chi connectivity index (χ2n) is 6.30. The van der Waals surface area contributed by atoms with E-state index in [2.05, 4.69) is 0 Å². The van der Waals surface area contributed by atoms with Gasteiger partial charge < -0.3 is 4.90 Å². The highest BCUT2D eigenvalue weighted by Crippen LogP contribution is 2.29. The second-order valence-corrected chi connectivity index (χ2v) is 6.73. The van der Waals surface area contributed by atoms with Gasteiger partial charge in [0.1, 0.15) is 0 Å². The van der Waals surface area contributed by atoms with Gasteiger partial charge in [0.15, 0.2) is 0 Å². The average molecular weight is 328 g/mol. The van der Waals surface area contributed by atoms with Crippen LogP contribution in [0.4, 0.5) is 5.69 Å². The summed E-state index contributed by atoms with van der Waals surface area (Å²) in [5.41, 5.74) is 2.06. The fourth-order valence-corrected chi connectivity index (χ4v) is 3.40. The molecule has 3 heteroatoms. The first kappa shape index (κ1) is 16.1. The molecule has 0 saturated heterocycles. The standard InChI is InChI=1S/C20H22ClNO/c21-18-12-10-17(11-13-18)15-22(19-8-2-1-3-9-19)20(23)14-16-6-4-5-7-16/h1-3,8-13,16H,4-7,14-15H2. The van der Waals surface area contributed by atoms with Crippen molar-refractivity contribution >= 4 is 23.2 Å². The third-order valence-electron chi connectivity index (χ3n) is 4.56. The zero-order chi connectivity index (χ0) is 16.1. The summed E-state index contributed by atoms with van der Waals surface area (Å²) in [5, 5.41) is 0.720. The molecular formula is C20H22ClNO. The lowest BCUT2D eigenvalue weighted by molar-refractivity contribution is -0.119. The summed E-state index contributed by atoms with van der Waals surface area (Å²) in [6, 6.07) is 17.7. The van der Waals surface area contributed by atoms with Crippen LogP contribution in [0.1, 0.15) is 37.7 Å². The Kier molecular flexibility index (Phi) is 5.35. The molecule has 1 amide bonds. The molecule has 23 heavy (non-hydrogen) atoms. The van der Waals surface area contributed by atoms with E-state index in [-0.39, 0.29) is 5.91 Å². The fourth-order valence-electron chi connectivity index (χ4n) is 3.28. The molecule has 3 rings (SSSR count). The van der Waals surface area contributed by atoms with Crippen molar-refractivity contribution in [2.75, 3.05) is 4.90 Å². The fraction of sp³-hybridized carbons (Fsp3) is 0.350. The minimum absolute atomic E-state index is 0.220. The van der Waals surface area contributed by atoms with Crippen molar-refractivity contribution in [3.05, 3.63) is 65.2 Å². The SMILES string of the molecule is O=C(CC1CCCC1)N(Cc1ccc(Cl)cc1)c1ccccc1. The van der Waals surface area contributed by atoms with E-state index in [0.29, 0.717) is 18.9 Å². The molecule has 0 aromatic heterocycles. The normalized spacial score (nSPS) is 14.8. The minimum Gasteiger partial charge on any atom is -0.308 e. The van der Waals surface area contributed by atoms with Crippen molar-refractivity contribution in [3.63, 3.8) is 0 Å². The molecule has 0 N–H and O–H groups in total. The van der Waals surface area contributed by atoms with Gasteiger partial charge >= 0.3 is 0 Å². The van der Waals surface area contributed by atoms with E-state index in [0.717, 1.165) is 16.3 Å². The number of nitrogens with zero attached hydrogens (tertiary/aromatic N) is 1. The van der Waals surface area contributed by atoms with Gasteiger partial charge in [-0.25, -0.2) is 0 Å². The molecule has 0 heterocycles. The van der Waals surface area contributed by atoms with E-state index in [4.69, 9.17) is 11.6 Å². The summed E-state index contributed by atoms with van der Waals surface area (Å²) in [7, 11) is 0. The molecule has 2 nitrogen and oxygen atoms in total. The number of carbonyl (C=O) groups excluding carboxylic acids is 1. The number of para-hydroxylation sites is 1. The van der Waals surface area contributed by atoms with Crippen LogP contribution in [-0.2, 0) is 11.3 Å². The van der Waals surface area contributed by atoms with Crippen molar-refractivity contribution < 1.29 is 4.79 Å². The molecule has 1 aliphatic carbocycles. The molecule has 2 aromatic carbocycles. The molecule has 2 aromatic rings. The van der Waals surface area contributed by atoms with Crippen LogP contribution in [0.3, 0.4) is 0 Å². The van der Waals surface area contributed by atoms with E-state index >= 15 is 0 Å². The Hall–Kier alpha value is -1.80. The predicted octanol–water partition coefficient (Wildman–Crippen LogP) is 5.45. The van der Waals surface area contributed by atoms with Crippen LogP contribution in [0.2, 0.25) is 5.02 Å². The van der Waals surface area contributed by atoms with Gasteiger partial charge in [-0.15, -0.1) is 0 Å². The Bertz CT molecular complexity index is 632. The Morgan fingerprint density at radius 1 is 1.00 bits per heavy atom. The van der Waals surface area contributed by atoms with Crippen molar-refractivity contribution in [2.45, 2.75) is 38.6 Å². The van der Waals surface area contributed by atoms with Crippen LogP contribution >= 0.6 is 11.6 Å². The van der Waals surface area contributed by atoms with Crippen LogP contribution in [0.15, 0.2) is 54.6 Å². The highest BCUT2D eigenvalue weighted by Gasteiger charge is 2.23. The van der Waals surface area contributed by atoms with Gasteiger partial charge in [0.2, 0.25) is 5.91 Å². The molecule has 120 valence electrons. The zero-order valence-electron chi connectivity index (χ0n) is 13.2. The number of halogens is 1. The Morgan fingerprint density at radius 3 is 2.30 bits per heavy atom. The van der Waals surface area contributed by atoms with E-state index in [1.807, 2.05) is 59.5 Å².